The molecule has 32 heavy (non-hydrogen) atoms. The van der Waals surface area contributed by atoms with Crippen molar-refractivity contribution < 1.29 is 23.8 Å². The average Bonchev–Trinajstić information content (AvgIpc) is 3.00. The highest BCUT2D eigenvalue weighted by Crippen LogP contribution is 2.45. The Hall–Kier alpha value is -4.04. The van der Waals surface area contributed by atoms with Crippen LogP contribution in [0.3, 0.4) is 0 Å². The highest BCUT2D eigenvalue weighted by Gasteiger charge is 2.27. The maximum Gasteiger partial charge on any atom is 0.256 e. The SMILES string of the molecule is CC(N)=O.COc1cc2c(c(OC)c1C(=O)N=[N+]=[N-])-c1ccc(OC)c(=O)cc1CCC2. The van der Waals surface area contributed by atoms with E-state index < -0.39 is 5.91 Å². The van der Waals surface area contributed by atoms with Crippen LogP contribution >= 0.6 is 0 Å². The number of hydrogen-bond donors (Lipinski definition) is 1. The van der Waals surface area contributed by atoms with E-state index >= 15 is 0 Å². The zero-order chi connectivity index (χ0) is 23.8. The minimum atomic E-state index is -0.799. The van der Waals surface area contributed by atoms with Crippen LogP contribution in [0, 0.1) is 0 Å². The van der Waals surface area contributed by atoms with Crippen molar-refractivity contribution in [2.45, 2.75) is 26.2 Å². The summed E-state index contributed by atoms with van der Waals surface area (Å²) in [6.07, 6.45) is 2.20. The number of rotatable bonds is 4. The molecule has 0 aliphatic heterocycles. The number of azide groups is 1. The highest BCUT2D eigenvalue weighted by molar-refractivity contribution is 6.03. The Labute approximate surface area is 184 Å². The summed E-state index contributed by atoms with van der Waals surface area (Å²) < 4.78 is 16.1. The zero-order valence-electron chi connectivity index (χ0n) is 18.3. The number of aryl methyl sites for hydroxylation is 2. The summed E-state index contributed by atoms with van der Waals surface area (Å²) in [6, 6.07) is 6.71. The second kappa shape index (κ2) is 10.8. The standard InChI is InChI=1S/C20H19N3O5.C2H5NO/c1-26-15-8-7-13-11(9-14(15)24)5-4-6-12-10-16(27-2)18(20(25)22-23-21)19(28-3)17(12)13;1-2(3)4/h7-10H,4-6H2,1-3H3;1H3,(H2,3,4). The highest BCUT2D eigenvalue weighted by atomic mass is 16.5. The number of ether oxygens (including phenoxy) is 3. The molecule has 0 saturated heterocycles. The van der Waals surface area contributed by atoms with Crippen molar-refractivity contribution in [3.8, 4) is 28.4 Å². The van der Waals surface area contributed by atoms with E-state index in [1.54, 1.807) is 24.3 Å². The molecule has 10 nitrogen and oxygen atoms in total. The molecule has 0 bridgehead atoms. The van der Waals surface area contributed by atoms with Crippen molar-refractivity contribution in [2.24, 2.45) is 10.8 Å². The lowest BCUT2D eigenvalue weighted by Crippen LogP contribution is -2.06. The summed E-state index contributed by atoms with van der Waals surface area (Å²) in [4.78, 5) is 36.6. The number of hydrogen-bond acceptors (Lipinski definition) is 6. The molecule has 0 spiro atoms. The largest absolute Gasteiger partial charge is 0.496 e. The Morgan fingerprint density at radius 2 is 1.66 bits per heavy atom. The molecule has 0 radical (unpaired) electrons. The van der Waals surface area contributed by atoms with Crippen LogP contribution in [0.2, 0.25) is 0 Å². The number of methoxy groups -OCH3 is 3. The number of carbonyl (C=O) groups excluding carboxylic acids is 2. The van der Waals surface area contributed by atoms with Crippen LogP contribution in [0.1, 0.15) is 34.8 Å². The van der Waals surface area contributed by atoms with Gasteiger partial charge in [-0.15, -0.1) is 0 Å². The summed E-state index contributed by atoms with van der Waals surface area (Å²) >= 11 is 0. The molecular weight excluding hydrogens is 416 g/mol. The lowest BCUT2D eigenvalue weighted by atomic mass is 9.93. The molecule has 3 rings (SSSR count). The van der Waals surface area contributed by atoms with Gasteiger partial charge in [0.15, 0.2) is 5.75 Å². The lowest BCUT2D eigenvalue weighted by Gasteiger charge is -2.18. The Morgan fingerprint density at radius 1 is 1.03 bits per heavy atom. The maximum atomic E-state index is 12.5. The number of carbonyl (C=O) groups is 2. The van der Waals surface area contributed by atoms with E-state index in [1.807, 2.05) is 0 Å². The van der Waals surface area contributed by atoms with Crippen LogP contribution in [0.4, 0.5) is 0 Å². The Bertz CT molecular complexity index is 1150. The zero-order valence-corrected chi connectivity index (χ0v) is 18.3. The molecule has 0 fully saturated rings. The van der Waals surface area contributed by atoms with Gasteiger partial charge in [0.1, 0.15) is 17.1 Å². The van der Waals surface area contributed by atoms with Crippen LogP contribution in [-0.2, 0) is 17.6 Å². The molecular formula is C22H24N4O6. The molecule has 0 atom stereocenters. The first kappa shape index (κ1) is 24.2. The number of nitrogens with zero attached hydrogens (tertiary/aromatic N) is 3. The van der Waals surface area contributed by atoms with Crippen molar-refractivity contribution in [1.29, 1.82) is 0 Å². The van der Waals surface area contributed by atoms with Gasteiger partial charge in [0.25, 0.3) is 5.91 Å². The van der Waals surface area contributed by atoms with Crippen molar-refractivity contribution >= 4 is 11.8 Å². The second-order valence-corrected chi connectivity index (χ2v) is 6.83. The molecule has 2 amide bonds. The van der Waals surface area contributed by atoms with Gasteiger partial charge >= 0.3 is 0 Å². The molecule has 0 saturated carbocycles. The van der Waals surface area contributed by atoms with Crippen molar-refractivity contribution in [1.82, 2.24) is 0 Å². The molecule has 168 valence electrons. The Balaban J connectivity index is 0.000000837. The van der Waals surface area contributed by atoms with Gasteiger partial charge in [-0.25, -0.2) is 0 Å². The third kappa shape index (κ3) is 5.16. The molecule has 0 unspecified atom stereocenters. The van der Waals surface area contributed by atoms with Crippen LogP contribution in [0.5, 0.6) is 17.2 Å². The molecule has 0 heterocycles. The van der Waals surface area contributed by atoms with Crippen LogP contribution in [-0.4, -0.2) is 33.1 Å². The first-order valence-corrected chi connectivity index (χ1v) is 9.63. The predicted octanol–water partition coefficient (Wildman–Crippen LogP) is 3.17. The molecule has 1 aliphatic rings. The third-order valence-corrected chi connectivity index (χ3v) is 4.78. The van der Waals surface area contributed by atoms with E-state index in [4.69, 9.17) is 19.7 Å². The molecule has 2 N–H and O–H groups in total. The smallest absolute Gasteiger partial charge is 0.256 e. The van der Waals surface area contributed by atoms with Gasteiger partial charge in [0, 0.05) is 17.4 Å². The van der Waals surface area contributed by atoms with Gasteiger partial charge in [-0.2, -0.15) is 0 Å². The van der Waals surface area contributed by atoms with Gasteiger partial charge in [0.05, 0.1) is 21.3 Å². The quantitative estimate of drug-likeness (QED) is 0.437. The van der Waals surface area contributed by atoms with Crippen molar-refractivity contribution in [3.63, 3.8) is 0 Å². The van der Waals surface area contributed by atoms with E-state index in [0.717, 1.165) is 23.1 Å². The normalized spacial score (nSPS) is 11.2. The van der Waals surface area contributed by atoms with Crippen LogP contribution in [0.25, 0.3) is 21.6 Å². The third-order valence-electron chi connectivity index (χ3n) is 4.78. The first-order chi connectivity index (χ1) is 15.3. The topological polar surface area (TPSA) is 154 Å². The number of fused-ring (bicyclic) bond motifs is 3. The average molecular weight is 440 g/mol. The minimum Gasteiger partial charge on any atom is -0.496 e. The van der Waals surface area contributed by atoms with Gasteiger partial charge in [-0.05, 0) is 64.8 Å². The van der Waals surface area contributed by atoms with Crippen molar-refractivity contribution in [2.75, 3.05) is 21.3 Å². The van der Waals surface area contributed by atoms with E-state index in [0.29, 0.717) is 18.4 Å². The second-order valence-electron chi connectivity index (χ2n) is 6.83. The van der Waals surface area contributed by atoms with E-state index in [1.165, 1.54) is 28.3 Å². The number of nitrogens with two attached hydrogens (primary N) is 1. The fourth-order valence-corrected chi connectivity index (χ4v) is 3.58. The number of amides is 2. The van der Waals surface area contributed by atoms with Crippen molar-refractivity contribution in [3.05, 3.63) is 61.6 Å². The molecule has 1 aliphatic carbocycles. The fourth-order valence-electron chi connectivity index (χ4n) is 3.58. The molecule has 0 aromatic heterocycles. The summed E-state index contributed by atoms with van der Waals surface area (Å²) in [7, 11) is 4.32. The molecule has 10 heteroatoms. The number of benzene rings is 1. The maximum absolute atomic E-state index is 12.5. The summed E-state index contributed by atoms with van der Waals surface area (Å²) in [6.45, 7) is 1.31. The summed E-state index contributed by atoms with van der Waals surface area (Å²) in [5.74, 6) is -0.369. The molecule has 2 aromatic carbocycles. The van der Waals surface area contributed by atoms with E-state index in [9.17, 15) is 14.4 Å². The Kier molecular flexibility index (Phi) is 8.20. The Morgan fingerprint density at radius 3 is 2.22 bits per heavy atom. The number of primary amides is 1. The van der Waals surface area contributed by atoms with Crippen LogP contribution < -0.4 is 25.4 Å². The van der Waals surface area contributed by atoms with Gasteiger partial charge < -0.3 is 19.9 Å². The monoisotopic (exact) mass is 440 g/mol. The first-order valence-electron chi connectivity index (χ1n) is 9.63. The van der Waals surface area contributed by atoms with Crippen LogP contribution in [0.15, 0.2) is 34.2 Å². The summed E-state index contributed by atoms with van der Waals surface area (Å²) in [5, 5.41) is 3.21. The van der Waals surface area contributed by atoms with E-state index in [-0.39, 0.29) is 34.1 Å². The van der Waals surface area contributed by atoms with Gasteiger partial charge in [-0.3, -0.25) is 14.4 Å². The predicted molar refractivity (Wildman–Crippen MR) is 118 cm³/mol. The fraction of sp³-hybridized carbons (Fsp3) is 0.318. The summed E-state index contributed by atoms with van der Waals surface area (Å²) in [5.41, 5.74) is 16.2. The van der Waals surface area contributed by atoms with E-state index in [2.05, 4.69) is 15.8 Å². The minimum absolute atomic E-state index is 0.0511. The van der Waals surface area contributed by atoms with Gasteiger partial charge in [-0.1, -0.05) is 6.07 Å². The van der Waals surface area contributed by atoms with Gasteiger partial charge in [0.2, 0.25) is 11.3 Å². The molecule has 2 aromatic rings. The lowest BCUT2D eigenvalue weighted by molar-refractivity contribution is -0.115.